The van der Waals surface area contributed by atoms with Gasteiger partial charge in [-0.05, 0) is 29.8 Å². The highest BCUT2D eigenvalue weighted by Crippen LogP contribution is 2.39. The van der Waals surface area contributed by atoms with Gasteiger partial charge < -0.3 is 23.5 Å². The van der Waals surface area contributed by atoms with Crippen molar-refractivity contribution in [3.8, 4) is 34.8 Å². The van der Waals surface area contributed by atoms with Gasteiger partial charge in [-0.15, -0.1) is 0 Å². The van der Waals surface area contributed by atoms with E-state index in [1.807, 2.05) is 41.9 Å². The number of rotatable bonds is 7. The topological polar surface area (TPSA) is 80.5 Å². The normalized spacial score (nSPS) is 10.9. The summed E-state index contributed by atoms with van der Waals surface area (Å²) in [5.74, 6) is 1.45. The van der Waals surface area contributed by atoms with E-state index in [0.717, 1.165) is 27.9 Å². The fraction of sp³-hybridized carbons (Fsp3) is 0.227. The van der Waals surface area contributed by atoms with Gasteiger partial charge in [-0.25, -0.2) is 4.98 Å². The number of hydrogen-bond acceptors (Lipinski definition) is 7. The van der Waals surface area contributed by atoms with Crippen molar-refractivity contribution in [1.82, 2.24) is 19.5 Å². The van der Waals surface area contributed by atoms with E-state index < -0.39 is 0 Å². The van der Waals surface area contributed by atoms with E-state index in [0.29, 0.717) is 22.5 Å². The zero-order valence-electron chi connectivity index (χ0n) is 17.5. The molecule has 0 aliphatic carbocycles. The smallest absolute Gasteiger partial charge is 0.323 e. The standard InChI is InChI=1S/C22H21ClN4O4/c1-27-16(9-14-10-18(23)24-11-17(14)27)19-20(29-3)25-22(26-21(19)30-4)31-12-13-5-7-15(28-2)8-6-13/h5-11H,12H2,1-4H3. The predicted octanol–water partition coefficient (Wildman–Crippen LogP) is 4.29. The Kier molecular flexibility index (Phi) is 5.81. The molecule has 31 heavy (non-hydrogen) atoms. The van der Waals surface area contributed by atoms with Crippen molar-refractivity contribution in [2.45, 2.75) is 6.61 Å². The Hall–Kier alpha value is -3.52. The van der Waals surface area contributed by atoms with Gasteiger partial charge in [0.05, 0.1) is 38.7 Å². The summed E-state index contributed by atoms with van der Waals surface area (Å²) in [7, 11) is 6.62. The molecule has 0 spiro atoms. The maximum atomic E-state index is 6.05. The highest BCUT2D eigenvalue weighted by atomic mass is 35.5. The number of nitrogens with zero attached hydrogens (tertiary/aromatic N) is 4. The van der Waals surface area contributed by atoms with Gasteiger partial charge in [-0.1, -0.05) is 23.7 Å². The van der Waals surface area contributed by atoms with E-state index in [-0.39, 0.29) is 12.6 Å². The van der Waals surface area contributed by atoms with Crippen LogP contribution >= 0.6 is 11.6 Å². The van der Waals surface area contributed by atoms with Gasteiger partial charge in [0.25, 0.3) is 0 Å². The SMILES string of the molecule is COc1ccc(COc2nc(OC)c(-c3cc4cc(Cl)ncc4n3C)c(OC)n2)cc1. The lowest BCUT2D eigenvalue weighted by Crippen LogP contribution is -2.06. The molecule has 0 aliphatic rings. The third kappa shape index (κ3) is 4.06. The fourth-order valence-electron chi connectivity index (χ4n) is 3.30. The molecule has 0 aliphatic heterocycles. The first kappa shape index (κ1) is 20.7. The molecular weight excluding hydrogens is 420 g/mol. The van der Waals surface area contributed by atoms with Gasteiger partial charge >= 0.3 is 6.01 Å². The van der Waals surface area contributed by atoms with Crippen LogP contribution in [0.1, 0.15) is 5.56 Å². The van der Waals surface area contributed by atoms with E-state index in [9.17, 15) is 0 Å². The summed E-state index contributed by atoms with van der Waals surface area (Å²) in [5.41, 5.74) is 3.26. The van der Waals surface area contributed by atoms with Gasteiger partial charge in [0.2, 0.25) is 11.8 Å². The maximum Gasteiger partial charge on any atom is 0.323 e. The zero-order valence-corrected chi connectivity index (χ0v) is 18.3. The second-order valence-electron chi connectivity index (χ2n) is 6.69. The molecule has 0 amide bonds. The second-order valence-corrected chi connectivity index (χ2v) is 7.08. The number of aryl methyl sites for hydroxylation is 1. The molecule has 4 rings (SSSR count). The minimum Gasteiger partial charge on any atom is -0.497 e. The van der Waals surface area contributed by atoms with E-state index in [1.54, 1.807) is 33.6 Å². The Morgan fingerprint density at radius 2 is 1.61 bits per heavy atom. The number of hydrogen-bond donors (Lipinski definition) is 0. The molecule has 4 aromatic rings. The van der Waals surface area contributed by atoms with Crippen molar-refractivity contribution in [3.05, 3.63) is 53.3 Å². The first-order valence-electron chi connectivity index (χ1n) is 9.41. The Labute approximate surface area is 184 Å². The van der Waals surface area contributed by atoms with Crippen LogP contribution < -0.4 is 18.9 Å². The van der Waals surface area contributed by atoms with Gasteiger partial charge in [0, 0.05) is 12.4 Å². The van der Waals surface area contributed by atoms with Crippen molar-refractivity contribution in [2.24, 2.45) is 7.05 Å². The van der Waals surface area contributed by atoms with Crippen LogP contribution in [0.5, 0.6) is 23.5 Å². The largest absolute Gasteiger partial charge is 0.497 e. The molecule has 3 heterocycles. The summed E-state index contributed by atoms with van der Waals surface area (Å²) < 4.78 is 24.0. The quantitative estimate of drug-likeness (QED) is 0.396. The number of methoxy groups -OCH3 is 3. The molecule has 0 N–H and O–H groups in total. The van der Waals surface area contributed by atoms with Crippen molar-refractivity contribution in [2.75, 3.05) is 21.3 Å². The van der Waals surface area contributed by atoms with Gasteiger partial charge in [0.1, 0.15) is 23.1 Å². The average molecular weight is 441 g/mol. The summed E-state index contributed by atoms with van der Waals surface area (Å²) in [6, 6.07) is 11.5. The molecule has 160 valence electrons. The Morgan fingerprint density at radius 3 is 2.23 bits per heavy atom. The number of aromatic nitrogens is 4. The molecule has 0 unspecified atom stereocenters. The number of ether oxygens (including phenoxy) is 4. The lowest BCUT2D eigenvalue weighted by atomic mass is 10.2. The van der Waals surface area contributed by atoms with Crippen molar-refractivity contribution in [3.63, 3.8) is 0 Å². The van der Waals surface area contributed by atoms with Crippen LogP contribution in [0, 0.1) is 0 Å². The molecule has 0 saturated heterocycles. The van der Waals surface area contributed by atoms with Crippen molar-refractivity contribution in [1.29, 1.82) is 0 Å². The molecular formula is C22H21ClN4O4. The van der Waals surface area contributed by atoms with Gasteiger partial charge in [-0.2, -0.15) is 9.97 Å². The predicted molar refractivity (Wildman–Crippen MR) is 117 cm³/mol. The Balaban J connectivity index is 1.70. The lowest BCUT2D eigenvalue weighted by molar-refractivity contribution is 0.266. The minimum absolute atomic E-state index is 0.150. The maximum absolute atomic E-state index is 6.05. The molecule has 1 aromatic carbocycles. The summed E-state index contributed by atoms with van der Waals surface area (Å²) in [5, 5.41) is 1.35. The van der Waals surface area contributed by atoms with Crippen LogP contribution in [0.2, 0.25) is 5.15 Å². The fourth-order valence-corrected chi connectivity index (χ4v) is 3.46. The Morgan fingerprint density at radius 1 is 0.935 bits per heavy atom. The zero-order chi connectivity index (χ0) is 22.0. The minimum atomic E-state index is 0.150. The molecule has 0 fully saturated rings. The second kappa shape index (κ2) is 8.69. The van der Waals surface area contributed by atoms with Crippen LogP contribution in [0.3, 0.4) is 0 Å². The number of fused-ring (bicyclic) bond motifs is 1. The first-order valence-corrected chi connectivity index (χ1v) is 9.79. The summed E-state index contributed by atoms with van der Waals surface area (Å²) >= 11 is 6.05. The number of benzene rings is 1. The van der Waals surface area contributed by atoms with Crippen molar-refractivity contribution < 1.29 is 18.9 Å². The van der Waals surface area contributed by atoms with Gasteiger partial charge in [-0.3, -0.25) is 0 Å². The Bertz CT molecular complexity index is 1200. The molecule has 0 bridgehead atoms. The molecule has 9 heteroatoms. The molecule has 0 atom stereocenters. The first-order chi connectivity index (χ1) is 15.0. The van der Waals surface area contributed by atoms with E-state index in [1.165, 1.54) is 0 Å². The van der Waals surface area contributed by atoms with E-state index in [4.69, 9.17) is 30.5 Å². The monoisotopic (exact) mass is 440 g/mol. The van der Waals surface area contributed by atoms with Crippen LogP contribution in [0.4, 0.5) is 0 Å². The number of pyridine rings is 1. The summed E-state index contributed by atoms with van der Waals surface area (Å²) in [4.78, 5) is 13.0. The third-order valence-corrected chi connectivity index (χ3v) is 5.09. The molecule has 0 radical (unpaired) electrons. The average Bonchev–Trinajstić information content (AvgIpc) is 3.12. The van der Waals surface area contributed by atoms with Gasteiger partial charge in [0.15, 0.2) is 0 Å². The van der Waals surface area contributed by atoms with Crippen LogP contribution in [-0.4, -0.2) is 40.8 Å². The van der Waals surface area contributed by atoms with E-state index in [2.05, 4.69) is 15.0 Å². The lowest BCUT2D eigenvalue weighted by Gasteiger charge is -2.14. The number of halogens is 1. The molecule has 0 saturated carbocycles. The van der Waals surface area contributed by atoms with Crippen LogP contribution in [0.25, 0.3) is 22.2 Å². The highest BCUT2D eigenvalue weighted by Gasteiger charge is 2.22. The van der Waals surface area contributed by atoms with Crippen LogP contribution in [0.15, 0.2) is 42.6 Å². The van der Waals surface area contributed by atoms with Crippen LogP contribution in [-0.2, 0) is 13.7 Å². The third-order valence-electron chi connectivity index (χ3n) is 4.89. The van der Waals surface area contributed by atoms with E-state index >= 15 is 0 Å². The summed E-state index contributed by atoms with van der Waals surface area (Å²) in [6.07, 6.45) is 1.72. The molecule has 8 nitrogen and oxygen atoms in total. The van der Waals surface area contributed by atoms with Crippen molar-refractivity contribution >= 4 is 22.5 Å². The highest BCUT2D eigenvalue weighted by molar-refractivity contribution is 6.30. The summed E-state index contributed by atoms with van der Waals surface area (Å²) in [6.45, 7) is 0.286. The molecule has 3 aromatic heterocycles.